The van der Waals surface area contributed by atoms with E-state index in [-0.39, 0.29) is 30.5 Å². The number of nitrogens with zero attached hydrogens (tertiary/aromatic N) is 2. The zero-order chi connectivity index (χ0) is 14.8. The van der Waals surface area contributed by atoms with E-state index in [1.165, 1.54) is 12.1 Å². The van der Waals surface area contributed by atoms with Gasteiger partial charge in [-0.1, -0.05) is 12.1 Å². The lowest BCUT2D eigenvalue weighted by molar-refractivity contribution is 0.127. The quantitative estimate of drug-likeness (QED) is 0.890. The van der Waals surface area contributed by atoms with Gasteiger partial charge in [-0.25, -0.2) is 14.0 Å². The third-order valence-corrected chi connectivity index (χ3v) is 3.74. The zero-order valence-electron chi connectivity index (χ0n) is 11.4. The van der Waals surface area contributed by atoms with E-state index in [4.69, 9.17) is 4.74 Å². The first-order valence-corrected chi connectivity index (χ1v) is 6.84. The van der Waals surface area contributed by atoms with Gasteiger partial charge in [-0.05, 0) is 17.7 Å². The first-order chi connectivity index (χ1) is 10.1. The van der Waals surface area contributed by atoms with Crippen LogP contribution in [0.25, 0.3) is 0 Å². The second-order valence-electron chi connectivity index (χ2n) is 5.16. The molecule has 2 aliphatic heterocycles. The van der Waals surface area contributed by atoms with E-state index in [0.29, 0.717) is 31.8 Å². The molecule has 1 aromatic rings. The number of carbonyl (C=O) groups excluding carboxylic acids is 2. The second-order valence-corrected chi connectivity index (χ2v) is 5.16. The van der Waals surface area contributed by atoms with Gasteiger partial charge in [0.2, 0.25) is 0 Å². The summed E-state index contributed by atoms with van der Waals surface area (Å²) in [6.45, 7) is 2.02. The number of piperazine rings is 1. The molecule has 112 valence electrons. The average molecular weight is 293 g/mol. The summed E-state index contributed by atoms with van der Waals surface area (Å²) in [5.41, 5.74) is 0.710. The van der Waals surface area contributed by atoms with Crippen molar-refractivity contribution in [2.24, 2.45) is 0 Å². The molecule has 1 aromatic carbocycles. The summed E-state index contributed by atoms with van der Waals surface area (Å²) in [6.07, 6.45) is -0.306. The molecule has 1 atom stereocenters. The topological polar surface area (TPSA) is 61.9 Å². The van der Waals surface area contributed by atoms with Crippen molar-refractivity contribution in [3.8, 4) is 0 Å². The van der Waals surface area contributed by atoms with E-state index in [1.807, 2.05) is 0 Å². The Hall–Kier alpha value is -2.31. The minimum absolute atomic E-state index is 0.0637. The Balaban J connectivity index is 1.53. The van der Waals surface area contributed by atoms with Gasteiger partial charge in [0.15, 0.2) is 0 Å². The molecule has 0 unspecified atom stereocenters. The van der Waals surface area contributed by atoms with Crippen LogP contribution in [0.1, 0.15) is 5.56 Å². The standard InChI is InChI=1S/C14H16FN3O3/c15-11-3-1-2-10(6-11)7-16-13(19)17-4-5-18-12(8-17)9-21-14(18)20/h1-3,6,12H,4-5,7-9H2,(H,16,19)/t12-/m0/s1. The number of hydrogen-bond acceptors (Lipinski definition) is 3. The molecule has 21 heavy (non-hydrogen) atoms. The molecule has 2 saturated heterocycles. The summed E-state index contributed by atoms with van der Waals surface area (Å²) < 4.78 is 18.0. The smallest absolute Gasteiger partial charge is 0.410 e. The maximum atomic E-state index is 13.1. The van der Waals surface area contributed by atoms with Crippen molar-refractivity contribution in [2.45, 2.75) is 12.6 Å². The summed E-state index contributed by atoms with van der Waals surface area (Å²) >= 11 is 0. The number of nitrogens with one attached hydrogen (secondary N) is 1. The molecule has 6 nitrogen and oxygen atoms in total. The highest BCUT2D eigenvalue weighted by Crippen LogP contribution is 2.17. The monoisotopic (exact) mass is 293 g/mol. The van der Waals surface area contributed by atoms with Crippen molar-refractivity contribution in [2.75, 3.05) is 26.2 Å². The van der Waals surface area contributed by atoms with Crippen LogP contribution in [-0.4, -0.2) is 54.2 Å². The third-order valence-electron chi connectivity index (χ3n) is 3.74. The summed E-state index contributed by atoms with van der Waals surface area (Å²) in [5, 5.41) is 2.76. The van der Waals surface area contributed by atoms with Crippen molar-refractivity contribution in [3.05, 3.63) is 35.6 Å². The van der Waals surface area contributed by atoms with E-state index in [2.05, 4.69) is 5.32 Å². The molecule has 0 spiro atoms. The lowest BCUT2D eigenvalue weighted by Crippen LogP contribution is -2.55. The number of urea groups is 1. The minimum Gasteiger partial charge on any atom is -0.447 e. The Morgan fingerprint density at radius 1 is 1.43 bits per heavy atom. The molecule has 7 heteroatoms. The third kappa shape index (κ3) is 2.91. The molecular formula is C14H16FN3O3. The number of amides is 3. The van der Waals surface area contributed by atoms with Gasteiger partial charge in [0, 0.05) is 26.2 Å². The Morgan fingerprint density at radius 3 is 3.10 bits per heavy atom. The molecule has 2 heterocycles. The van der Waals surface area contributed by atoms with Crippen LogP contribution in [0.2, 0.25) is 0 Å². The number of benzene rings is 1. The fraction of sp³-hybridized carbons (Fsp3) is 0.429. The summed E-state index contributed by atoms with van der Waals surface area (Å²) in [7, 11) is 0. The lowest BCUT2D eigenvalue weighted by Gasteiger charge is -2.35. The van der Waals surface area contributed by atoms with Gasteiger partial charge in [-0.2, -0.15) is 0 Å². The van der Waals surface area contributed by atoms with Crippen molar-refractivity contribution in [1.29, 1.82) is 0 Å². The molecule has 0 aliphatic carbocycles. The predicted molar refractivity (Wildman–Crippen MR) is 72.1 cm³/mol. The molecule has 1 N–H and O–H groups in total. The Kier molecular flexibility index (Phi) is 3.64. The highest BCUT2D eigenvalue weighted by molar-refractivity contribution is 5.75. The maximum absolute atomic E-state index is 13.1. The van der Waals surface area contributed by atoms with Crippen LogP contribution in [0.3, 0.4) is 0 Å². The molecule has 0 bridgehead atoms. The van der Waals surface area contributed by atoms with E-state index in [9.17, 15) is 14.0 Å². The summed E-state index contributed by atoms with van der Waals surface area (Å²) in [5.74, 6) is -0.322. The maximum Gasteiger partial charge on any atom is 0.410 e. The lowest BCUT2D eigenvalue weighted by atomic mass is 10.2. The number of hydrogen-bond donors (Lipinski definition) is 1. The summed E-state index contributed by atoms with van der Waals surface area (Å²) in [4.78, 5) is 26.8. The molecule has 0 aromatic heterocycles. The van der Waals surface area contributed by atoms with E-state index < -0.39 is 0 Å². The molecule has 3 rings (SSSR count). The molecule has 2 aliphatic rings. The number of halogens is 1. The number of rotatable bonds is 2. The average Bonchev–Trinajstić information content (AvgIpc) is 2.86. The van der Waals surface area contributed by atoms with Crippen LogP contribution in [0.15, 0.2) is 24.3 Å². The van der Waals surface area contributed by atoms with Gasteiger partial charge in [0.05, 0.1) is 6.04 Å². The number of cyclic esters (lactones) is 1. The molecule has 2 fully saturated rings. The Morgan fingerprint density at radius 2 is 2.29 bits per heavy atom. The van der Waals surface area contributed by atoms with E-state index in [1.54, 1.807) is 21.9 Å². The second kappa shape index (κ2) is 5.59. The number of carbonyl (C=O) groups is 2. The molecule has 0 saturated carbocycles. The van der Waals surface area contributed by atoms with Crippen molar-refractivity contribution < 1.29 is 18.7 Å². The number of fused-ring (bicyclic) bond motifs is 1. The predicted octanol–water partition coefficient (Wildman–Crippen LogP) is 1.17. The van der Waals surface area contributed by atoms with Crippen molar-refractivity contribution in [1.82, 2.24) is 15.1 Å². The highest BCUT2D eigenvalue weighted by Gasteiger charge is 2.38. The Bertz CT molecular complexity index is 566. The van der Waals surface area contributed by atoms with Gasteiger partial charge in [-0.15, -0.1) is 0 Å². The molecular weight excluding hydrogens is 277 g/mol. The minimum atomic E-state index is -0.322. The molecule has 3 amide bonds. The van der Waals surface area contributed by atoms with Crippen LogP contribution in [0, 0.1) is 5.82 Å². The first kappa shape index (κ1) is 13.7. The van der Waals surface area contributed by atoms with Gasteiger partial charge >= 0.3 is 12.1 Å². The normalized spacial score (nSPS) is 21.0. The largest absolute Gasteiger partial charge is 0.447 e. The molecule has 0 radical (unpaired) electrons. The van der Waals surface area contributed by atoms with Crippen molar-refractivity contribution >= 4 is 12.1 Å². The van der Waals surface area contributed by atoms with Crippen LogP contribution < -0.4 is 5.32 Å². The fourth-order valence-corrected chi connectivity index (χ4v) is 2.61. The first-order valence-electron chi connectivity index (χ1n) is 6.84. The fourth-order valence-electron chi connectivity index (χ4n) is 2.61. The van der Waals surface area contributed by atoms with E-state index >= 15 is 0 Å². The van der Waals surface area contributed by atoms with Crippen LogP contribution in [-0.2, 0) is 11.3 Å². The zero-order valence-corrected chi connectivity index (χ0v) is 11.4. The van der Waals surface area contributed by atoms with Crippen LogP contribution in [0.5, 0.6) is 0 Å². The Labute approximate surface area is 121 Å². The highest BCUT2D eigenvalue weighted by atomic mass is 19.1. The van der Waals surface area contributed by atoms with Crippen molar-refractivity contribution in [3.63, 3.8) is 0 Å². The number of ether oxygens (including phenoxy) is 1. The summed E-state index contributed by atoms with van der Waals surface area (Å²) in [6, 6.07) is 5.84. The van der Waals surface area contributed by atoms with E-state index in [0.717, 1.165) is 0 Å². The van der Waals surface area contributed by atoms with Gasteiger partial charge in [0.25, 0.3) is 0 Å². The van der Waals surface area contributed by atoms with Gasteiger partial charge in [0.1, 0.15) is 12.4 Å². The van der Waals surface area contributed by atoms with Crippen LogP contribution in [0.4, 0.5) is 14.0 Å². The van der Waals surface area contributed by atoms with Crippen LogP contribution >= 0.6 is 0 Å². The van der Waals surface area contributed by atoms with Gasteiger partial charge in [-0.3, -0.25) is 4.90 Å². The van der Waals surface area contributed by atoms with Gasteiger partial charge < -0.3 is 15.0 Å². The SMILES string of the molecule is O=C(NCc1cccc(F)c1)N1CCN2C(=O)OC[C@@H]2C1.